The fraction of sp³-hybridized carbons (Fsp3) is 0.154. The van der Waals surface area contributed by atoms with Crippen molar-refractivity contribution in [2.75, 3.05) is 0 Å². The van der Waals surface area contributed by atoms with Crippen LogP contribution in [0.25, 0.3) is 0 Å². The first-order valence-corrected chi connectivity index (χ1v) is 5.83. The van der Waals surface area contributed by atoms with Crippen molar-refractivity contribution in [3.63, 3.8) is 0 Å². The molecule has 0 unspecified atom stereocenters. The van der Waals surface area contributed by atoms with E-state index >= 15 is 0 Å². The molecule has 0 bridgehead atoms. The zero-order valence-electron chi connectivity index (χ0n) is 9.17. The number of halogens is 2. The summed E-state index contributed by atoms with van der Waals surface area (Å²) >= 11 is 11.8. The quantitative estimate of drug-likeness (QED) is 0.777. The highest BCUT2D eigenvalue weighted by atomic mass is 35.5. The smallest absolute Gasteiger partial charge is 0.185 e. The molecule has 88 valence electrons. The van der Waals surface area contributed by atoms with Gasteiger partial charge in [-0.15, -0.1) is 0 Å². The fourth-order valence-corrected chi connectivity index (χ4v) is 1.95. The third-order valence-electron chi connectivity index (χ3n) is 2.67. The van der Waals surface area contributed by atoms with Gasteiger partial charge in [0, 0.05) is 12.0 Å². The average molecular weight is 269 g/mol. The third-order valence-corrected chi connectivity index (χ3v) is 3.40. The van der Waals surface area contributed by atoms with Gasteiger partial charge in [0.15, 0.2) is 12.0 Å². The Labute approximate surface area is 109 Å². The van der Waals surface area contributed by atoms with Gasteiger partial charge in [0.25, 0.3) is 0 Å². The third kappa shape index (κ3) is 2.54. The Morgan fingerprint density at radius 1 is 1.29 bits per heavy atom. The highest BCUT2D eigenvalue weighted by molar-refractivity contribution is 6.42. The minimum absolute atomic E-state index is 0.375. The minimum Gasteiger partial charge on any atom is -0.461 e. The van der Waals surface area contributed by atoms with E-state index < -0.39 is 0 Å². The Balaban J connectivity index is 2.28. The molecule has 0 aliphatic carbocycles. The van der Waals surface area contributed by atoms with Crippen molar-refractivity contribution in [3.8, 4) is 0 Å². The molecule has 1 heterocycles. The summed E-state index contributed by atoms with van der Waals surface area (Å²) in [5.41, 5.74) is 2.87. The lowest BCUT2D eigenvalue weighted by Crippen LogP contribution is -1.90. The molecular weight excluding hydrogens is 259 g/mol. The molecule has 0 atom stereocenters. The Morgan fingerprint density at radius 2 is 2.06 bits per heavy atom. The Morgan fingerprint density at radius 3 is 2.65 bits per heavy atom. The van der Waals surface area contributed by atoms with Crippen LogP contribution < -0.4 is 0 Å². The minimum atomic E-state index is 0.375. The summed E-state index contributed by atoms with van der Waals surface area (Å²) in [5, 5.41) is 1.06. The van der Waals surface area contributed by atoms with Gasteiger partial charge < -0.3 is 4.42 Å². The Kier molecular flexibility index (Phi) is 3.55. The number of carbonyl (C=O) groups is 1. The number of furan rings is 1. The van der Waals surface area contributed by atoms with Crippen molar-refractivity contribution >= 4 is 29.5 Å². The summed E-state index contributed by atoms with van der Waals surface area (Å²) in [4.78, 5) is 10.7. The summed E-state index contributed by atoms with van der Waals surface area (Å²) in [6.45, 7) is 1.86. The second kappa shape index (κ2) is 4.94. The molecule has 1 aromatic heterocycles. The molecule has 0 aliphatic heterocycles. The number of benzene rings is 1. The molecule has 2 aromatic rings. The van der Waals surface area contributed by atoms with Crippen LogP contribution in [-0.2, 0) is 6.42 Å². The molecule has 0 saturated carbocycles. The monoisotopic (exact) mass is 268 g/mol. The maximum atomic E-state index is 10.7. The van der Waals surface area contributed by atoms with Crippen LogP contribution in [0.3, 0.4) is 0 Å². The van der Waals surface area contributed by atoms with Gasteiger partial charge in [0.2, 0.25) is 0 Å². The summed E-state index contributed by atoms with van der Waals surface area (Å²) < 4.78 is 5.14. The number of hydrogen-bond donors (Lipinski definition) is 0. The maximum absolute atomic E-state index is 10.7. The van der Waals surface area contributed by atoms with Crippen LogP contribution in [0.4, 0.5) is 0 Å². The van der Waals surface area contributed by atoms with E-state index in [0.29, 0.717) is 28.5 Å². The molecule has 0 spiro atoms. The van der Waals surface area contributed by atoms with Crippen LogP contribution in [-0.4, -0.2) is 6.29 Å². The van der Waals surface area contributed by atoms with Gasteiger partial charge in [0.1, 0.15) is 0 Å². The molecule has 0 amide bonds. The van der Waals surface area contributed by atoms with Gasteiger partial charge in [-0.25, -0.2) is 0 Å². The predicted octanol–water partition coefficient (Wildman–Crippen LogP) is 4.30. The van der Waals surface area contributed by atoms with Crippen LogP contribution in [0.1, 0.15) is 27.2 Å². The van der Waals surface area contributed by atoms with Gasteiger partial charge in [-0.1, -0.05) is 29.3 Å². The van der Waals surface area contributed by atoms with Gasteiger partial charge >= 0.3 is 0 Å². The average Bonchev–Trinajstić information content (AvgIpc) is 2.65. The maximum Gasteiger partial charge on any atom is 0.185 e. The first kappa shape index (κ1) is 12.2. The highest BCUT2D eigenvalue weighted by Gasteiger charge is 2.09. The molecule has 0 fully saturated rings. The summed E-state index contributed by atoms with van der Waals surface area (Å²) in [6, 6.07) is 5.48. The van der Waals surface area contributed by atoms with E-state index in [1.165, 1.54) is 0 Å². The van der Waals surface area contributed by atoms with Crippen molar-refractivity contribution < 1.29 is 9.21 Å². The molecule has 0 radical (unpaired) electrons. The molecule has 17 heavy (non-hydrogen) atoms. The van der Waals surface area contributed by atoms with Gasteiger partial charge in [-0.2, -0.15) is 0 Å². The normalized spacial score (nSPS) is 10.5. The molecule has 0 saturated heterocycles. The molecule has 0 aliphatic rings. The number of aldehydes is 1. The lowest BCUT2D eigenvalue weighted by Gasteiger charge is -2.02. The zero-order chi connectivity index (χ0) is 12.4. The standard InChI is InChI=1S/C13H10Cl2O2/c1-8-10(7-17-13(8)6-16)4-9-2-3-11(14)12(15)5-9/h2-3,5-7H,4H2,1H3. The first-order chi connectivity index (χ1) is 8.11. The van der Waals surface area contributed by atoms with Gasteiger partial charge in [-0.05, 0) is 30.2 Å². The van der Waals surface area contributed by atoms with E-state index in [4.69, 9.17) is 27.6 Å². The molecule has 1 aromatic carbocycles. The van der Waals surface area contributed by atoms with E-state index in [9.17, 15) is 4.79 Å². The van der Waals surface area contributed by atoms with Gasteiger partial charge in [0.05, 0.1) is 16.3 Å². The second-order valence-corrected chi connectivity index (χ2v) is 4.61. The molecule has 0 N–H and O–H groups in total. The predicted molar refractivity (Wildman–Crippen MR) is 68.1 cm³/mol. The number of rotatable bonds is 3. The van der Waals surface area contributed by atoms with E-state index in [0.717, 1.165) is 16.7 Å². The fourth-order valence-electron chi connectivity index (χ4n) is 1.63. The highest BCUT2D eigenvalue weighted by Crippen LogP contribution is 2.25. The molecule has 2 nitrogen and oxygen atoms in total. The van der Waals surface area contributed by atoms with Crippen molar-refractivity contribution in [3.05, 3.63) is 57.0 Å². The van der Waals surface area contributed by atoms with E-state index in [1.807, 2.05) is 19.1 Å². The van der Waals surface area contributed by atoms with E-state index in [-0.39, 0.29) is 0 Å². The van der Waals surface area contributed by atoms with Crippen LogP contribution in [0.2, 0.25) is 10.0 Å². The van der Waals surface area contributed by atoms with Gasteiger partial charge in [-0.3, -0.25) is 4.79 Å². The topological polar surface area (TPSA) is 30.2 Å². The van der Waals surface area contributed by atoms with Crippen LogP contribution in [0, 0.1) is 6.92 Å². The largest absolute Gasteiger partial charge is 0.461 e. The van der Waals surface area contributed by atoms with Crippen molar-refractivity contribution in [1.29, 1.82) is 0 Å². The molecular formula is C13H10Cl2O2. The number of carbonyl (C=O) groups excluding carboxylic acids is 1. The number of hydrogen-bond acceptors (Lipinski definition) is 2. The summed E-state index contributed by atoms with van der Waals surface area (Å²) in [6.07, 6.45) is 2.98. The van der Waals surface area contributed by atoms with Crippen molar-refractivity contribution in [2.24, 2.45) is 0 Å². The van der Waals surface area contributed by atoms with E-state index in [2.05, 4.69) is 0 Å². The van der Waals surface area contributed by atoms with Crippen LogP contribution >= 0.6 is 23.2 Å². The summed E-state index contributed by atoms with van der Waals surface area (Å²) in [7, 11) is 0. The second-order valence-electron chi connectivity index (χ2n) is 3.79. The zero-order valence-corrected chi connectivity index (χ0v) is 10.7. The Hall–Kier alpha value is -1.25. The Bertz CT molecular complexity index is 559. The van der Waals surface area contributed by atoms with Crippen molar-refractivity contribution in [1.82, 2.24) is 0 Å². The molecule has 4 heteroatoms. The van der Waals surface area contributed by atoms with Crippen LogP contribution in [0.5, 0.6) is 0 Å². The SMILES string of the molecule is Cc1c(Cc2ccc(Cl)c(Cl)c2)coc1C=O. The molecule has 2 rings (SSSR count). The lowest BCUT2D eigenvalue weighted by atomic mass is 10.0. The van der Waals surface area contributed by atoms with E-state index in [1.54, 1.807) is 12.3 Å². The lowest BCUT2D eigenvalue weighted by molar-refractivity contribution is 0.110. The summed E-state index contributed by atoms with van der Waals surface area (Å²) in [5.74, 6) is 0.375. The van der Waals surface area contributed by atoms with Crippen LogP contribution in [0.15, 0.2) is 28.9 Å². The van der Waals surface area contributed by atoms with Crippen molar-refractivity contribution in [2.45, 2.75) is 13.3 Å². The first-order valence-electron chi connectivity index (χ1n) is 5.08.